The molecule has 1 aromatic carbocycles. The third kappa shape index (κ3) is 3.17. The second-order valence-electron chi connectivity index (χ2n) is 5.30. The molecule has 0 radical (unpaired) electrons. The number of hydrogen-bond donors (Lipinski definition) is 4. The molecule has 0 saturated heterocycles. The molecule has 1 rings (SSSR count). The molecule has 1 atom stereocenters. The Kier molecular flexibility index (Phi) is 4.70. The van der Waals surface area contributed by atoms with Gasteiger partial charge in [-0.3, -0.25) is 0 Å². The number of rotatable bonds is 2. The molecule has 0 fully saturated rings. The van der Waals surface area contributed by atoms with Gasteiger partial charge < -0.3 is 21.7 Å². The highest BCUT2D eigenvalue weighted by molar-refractivity contribution is 5.71. The molecular weight excluding hydrogens is 375 g/mol. The van der Waals surface area contributed by atoms with E-state index >= 15 is 0 Å². The lowest BCUT2D eigenvalue weighted by Crippen LogP contribution is -2.54. The Morgan fingerprint density at radius 3 is 1.48 bits per heavy atom. The zero-order chi connectivity index (χ0) is 20.2. The summed E-state index contributed by atoms with van der Waals surface area (Å²) in [6, 6.07) is -0.396. The van der Waals surface area contributed by atoms with E-state index in [0.29, 0.717) is 0 Å². The maximum Gasteiger partial charge on any atom is 0.430 e. The molecule has 6 N–H and O–H groups in total. The normalized spacial score (nSPS) is 16.6. The van der Waals surface area contributed by atoms with E-state index in [2.05, 4.69) is 0 Å². The average molecular weight is 386 g/mol. The van der Waals surface area contributed by atoms with Crippen LogP contribution in [0, 0.1) is 0 Å². The van der Waals surface area contributed by atoms with Gasteiger partial charge in [-0.1, -0.05) is 0 Å². The van der Waals surface area contributed by atoms with Crippen molar-refractivity contribution in [2.24, 2.45) is 0 Å². The van der Waals surface area contributed by atoms with Crippen LogP contribution in [0.1, 0.15) is 18.1 Å². The van der Waals surface area contributed by atoms with Crippen molar-refractivity contribution in [2.45, 2.75) is 36.7 Å². The number of aliphatic hydroxyl groups is 2. The van der Waals surface area contributed by atoms with Crippen LogP contribution in [0.4, 0.5) is 50.9 Å². The Morgan fingerprint density at radius 1 is 0.760 bits per heavy atom. The van der Waals surface area contributed by atoms with Crippen LogP contribution in [0.2, 0.25) is 0 Å². The van der Waals surface area contributed by atoms with Crippen LogP contribution in [0.3, 0.4) is 0 Å². The predicted octanol–water partition coefficient (Wildman–Crippen LogP) is 2.93. The van der Waals surface area contributed by atoms with Gasteiger partial charge in [-0.05, 0) is 19.1 Å². The van der Waals surface area contributed by atoms with E-state index in [9.17, 15) is 49.7 Å². The number of hydrogen-bond acceptors (Lipinski definition) is 4. The molecule has 0 spiro atoms. The highest BCUT2D eigenvalue weighted by atomic mass is 19.4. The molecule has 144 valence electrons. The molecule has 0 saturated carbocycles. The summed E-state index contributed by atoms with van der Waals surface area (Å²) in [6.45, 7) is 0.0577. The molecule has 25 heavy (non-hydrogen) atoms. The second-order valence-corrected chi connectivity index (χ2v) is 5.30. The summed E-state index contributed by atoms with van der Waals surface area (Å²) in [5.41, 5.74) is -5.04. The summed E-state index contributed by atoms with van der Waals surface area (Å²) in [6.07, 6.45) is -18.2. The van der Waals surface area contributed by atoms with E-state index in [-0.39, 0.29) is 19.1 Å². The van der Waals surface area contributed by atoms with Crippen molar-refractivity contribution in [3.05, 3.63) is 23.3 Å². The first-order valence-corrected chi connectivity index (χ1v) is 6.13. The number of nitrogen functional groups attached to an aromatic ring is 2. The first-order chi connectivity index (χ1) is 10.8. The molecule has 1 aromatic rings. The van der Waals surface area contributed by atoms with Crippen LogP contribution >= 0.6 is 0 Å². The van der Waals surface area contributed by atoms with Gasteiger partial charge in [0, 0.05) is 11.1 Å². The van der Waals surface area contributed by atoms with E-state index in [0.717, 1.165) is 0 Å². The van der Waals surface area contributed by atoms with Gasteiger partial charge in [0.05, 0.1) is 11.4 Å². The standard InChI is InChI=1S/C12H11F9N2O2/c1-8(24,10(13,14)15)5-2-4(3-6(22)7(5)23)9(25,11(16,17)18)12(19,20)21/h2-3,24-25H,22-23H2,1H3. The summed E-state index contributed by atoms with van der Waals surface area (Å²) >= 11 is 0. The van der Waals surface area contributed by atoms with Gasteiger partial charge in [-0.2, -0.15) is 39.5 Å². The van der Waals surface area contributed by atoms with Crippen molar-refractivity contribution >= 4 is 11.4 Å². The summed E-state index contributed by atoms with van der Waals surface area (Å²) < 4.78 is 116. The summed E-state index contributed by atoms with van der Waals surface area (Å²) in [5.74, 6) is 0. The SMILES string of the molecule is CC(O)(c1cc(C(O)(C(F)(F)F)C(F)(F)F)cc(N)c1N)C(F)(F)F. The van der Waals surface area contributed by atoms with E-state index in [4.69, 9.17) is 11.5 Å². The quantitative estimate of drug-likeness (QED) is 0.465. The Bertz CT molecular complexity index is 648. The number of anilines is 2. The van der Waals surface area contributed by atoms with Crippen molar-refractivity contribution in [1.29, 1.82) is 0 Å². The van der Waals surface area contributed by atoms with Crippen molar-refractivity contribution < 1.29 is 49.7 Å². The molecule has 0 heterocycles. The zero-order valence-corrected chi connectivity index (χ0v) is 12.1. The molecule has 0 aromatic heterocycles. The lowest BCUT2D eigenvalue weighted by Gasteiger charge is -2.35. The van der Waals surface area contributed by atoms with Crippen LogP contribution in [0.5, 0.6) is 0 Å². The molecule has 1 unspecified atom stereocenters. The van der Waals surface area contributed by atoms with E-state index in [1.165, 1.54) is 0 Å². The molecule has 0 bridgehead atoms. The van der Waals surface area contributed by atoms with Gasteiger partial charge in [0.1, 0.15) is 0 Å². The minimum Gasteiger partial charge on any atom is -0.397 e. The minimum atomic E-state index is -6.35. The molecule has 0 aliphatic rings. The number of halogens is 9. The maximum atomic E-state index is 12.9. The lowest BCUT2D eigenvalue weighted by molar-refractivity contribution is -0.376. The van der Waals surface area contributed by atoms with E-state index < -0.39 is 52.2 Å². The van der Waals surface area contributed by atoms with Crippen LogP contribution in [0.25, 0.3) is 0 Å². The van der Waals surface area contributed by atoms with Crippen LogP contribution in [0.15, 0.2) is 12.1 Å². The second kappa shape index (κ2) is 5.56. The van der Waals surface area contributed by atoms with Gasteiger partial charge >= 0.3 is 18.5 Å². The van der Waals surface area contributed by atoms with Crippen molar-refractivity contribution in [2.75, 3.05) is 11.5 Å². The topological polar surface area (TPSA) is 92.5 Å². The van der Waals surface area contributed by atoms with Gasteiger partial charge in [-0.15, -0.1) is 0 Å². The molecule has 13 heteroatoms. The third-order valence-electron chi connectivity index (χ3n) is 3.53. The largest absolute Gasteiger partial charge is 0.430 e. The highest BCUT2D eigenvalue weighted by Gasteiger charge is 2.71. The highest BCUT2D eigenvalue weighted by Crippen LogP contribution is 2.52. The van der Waals surface area contributed by atoms with E-state index in [1.807, 2.05) is 0 Å². The van der Waals surface area contributed by atoms with Crippen LogP contribution < -0.4 is 11.5 Å². The maximum absolute atomic E-state index is 12.9. The van der Waals surface area contributed by atoms with E-state index in [1.54, 1.807) is 0 Å². The van der Waals surface area contributed by atoms with Gasteiger partial charge in [0.25, 0.3) is 5.60 Å². The Balaban J connectivity index is 3.87. The first kappa shape index (κ1) is 21.2. The molecule has 0 aliphatic carbocycles. The lowest BCUT2D eigenvalue weighted by atomic mass is 9.85. The van der Waals surface area contributed by atoms with Crippen LogP contribution in [-0.2, 0) is 11.2 Å². The van der Waals surface area contributed by atoms with Gasteiger partial charge in [-0.25, -0.2) is 0 Å². The number of alkyl halides is 9. The number of nitrogens with two attached hydrogens (primary N) is 2. The fourth-order valence-electron chi connectivity index (χ4n) is 1.93. The third-order valence-corrected chi connectivity index (χ3v) is 3.53. The fraction of sp³-hybridized carbons (Fsp3) is 0.500. The summed E-state index contributed by atoms with van der Waals surface area (Å²) in [4.78, 5) is 0. The van der Waals surface area contributed by atoms with Gasteiger partial charge in [0.15, 0.2) is 5.60 Å². The van der Waals surface area contributed by atoms with Gasteiger partial charge in [0.2, 0.25) is 0 Å². The van der Waals surface area contributed by atoms with Crippen molar-refractivity contribution in [1.82, 2.24) is 0 Å². The van der Waals surface area contributed by atoms with Crippen molar-refractivity contribution in [3.63, 3.8) is 0 Å². The fourth-order valence-corrected chi connectivity index (χ4v) is 1.93. The minimum absolute atomic E-state index is 0.0577. The Morgan fingerprint density at radius 2 is 1.16 bits per heavy atom. The Labute approximate surface area is 133 Å². The monoisotopic (exact) mass is 386 g/mol. The molecule has 0 amide bonds. The first-order valence-electron chi connectivity index (χ1n) is 6.13. The molecule has 4 nitrogen and oxygen atoms in total. The van der Waals surface area contributed by atoms with Crippen molar-refractivity contribution in [3.8, 4) is 0 Å². The zero-order valence-electron chi connectivity index (χ0n) is 12.1. The molecule has 0 aliphatic heterocycles. The smallest absolute Gasteiger partial charge is 0.397 e. The summed E-state index contributed by atoms with van der Waals surface area (Å²) in [5, 5.41) is 18.8. The predicted molar refractivity (Wildman–Crippen MR) is 66.9 cm³/mol. The summed E-state index contributed by atoms with van der Waals surface area (Å²) in [7, 11) is 0. The number of benzene rings is 1. The molecular formula is C12H11F9N2O2. The Hall–Kier alpha value is -1.89. The average Bonchev–Trinajstić information content (AvgIpc) is 2.36. The van der Waals surface area contributed by atoms with Crippen LogP contribution in [-0.4, -0.2) is 28.7 Å².